The van der Waals surface area contributed by atoms with Crippen LogP contribution in [0.4, 0.5) is 0 Å². The summed E-state index contributed by atoms with van der Waals surface area (Å²) in [5, 5.41) is 4.40. The van der Waals surface area contributed by atoms with Crippen molar-refractivity contribution in [3.63, 3.8) is 0 Å². The van der Waals surface area contributed by atoms with E-state index in [4.69, 9.17) is 4.74 Å². The van der Waals surface area contributed by atoms with E-state index >= 15 is 0 Å². The molecule has 0 amide bonds. The maximum atomic E-state index is 5.66. The van der Waals surface area contributed by atoms with E-state index in [9.17, 15) is 0 Å². The summed E-state index contributed by atoms with van der Waals surface area (Å²) in [6.07, 6.45) is 0. The Morgan fingerprint density at radius 3 is 2.38 bits per heavy atom. The molecular formula is C11H21BrN2OSi. The van der Waals surface area contributed by atoms with E-state index in [0.717, 1.165) is 22.5 Å². The predicted octanol–water partition coefficient (Wildman–Crippen LogP) is 3.57. The van der Waals surface area contributed by atoms with Crippen LogP contribution in [0.5, 0.6) is 0 Å². The largest absolute Gasteiger partial charge is 0.360 e. The standard InChI is InChI=1S/C11H21BrN2OSi/c1-9-11(12)10(2)14(13-9)8-15-6-7-16(3,4)5/h6-8H2,1-5H3. The van der Waals surface area contributed by atoms with E-state index in [1.54, 1.807) is 0 Å². The molecule has 0 N–H and O–H groups in total. The van der Waals surface area contributed by atoms with Crippen LogP contribution in [-0.2, 0) is 11.5 Å². The van der Waals surface area contributed by atoms with E-state index in [2.05, 4.69) is 40.7 Å². The van der Waals surface area contributed by atoms with Crippen LogP contribution in [0.1, 0.15) is 11.4 Å². The Hall–Kier alpha value is -0.133. The van der Waals surface area contributed by atoms with Gasteiger partial charge in [0.15, 0.2) is 0 Å². The first-order valence-electron chi connectivity index (χ1n) is 5.58. The second-order valence-electron chi connectivity index (χ2n) is 5.33. The fraction of sp³-hybridized carbons (Fsp3) is 0.727. The van der Waals surface area contributed by atoms with E-state index in [1.807, 2.05) is 18.5 Å². The Labute approximate surface area is 107 Å². The Bertz CT molecular complexity index is 358. The first-order chi connectivity index (χ1) is 7.31. The summed E-state index contributed by atoms with van der Waals surface area (Å²) in [7, 11) is -0.979. The molecule has 1 rings (SSSR count). The monoisotopic (exact) mass is 304 g/mol. The molecule has 0 aliphatic heterocycles. The van der Waals surface area contributed by atoms with Gasteiger partial charge in [0.05, 0.1) is 15.9 Å². The van der Waals surface area contributed by atoms with Gasteiger partial charge in [-0.1, -0.05) is 19.6 Å². The van der Waals surface area contributed by atoms with E-state index < -0.39 is 8.07 Å². The average Bonchev–Trinajstić information content (AvgIpc) is 2.40. The lowest BCUT2D eigenvalue weighted by Gasteiger charge is -2.15. The van der Waals surface area contributed by atoms with Crippen LogP contribution in [0.25, 0.3) is 0 Å². The third kappa shape index (κ3) is 4.03. The highest BCUT2D eigenvalue weighted by Gasteiger charge is 2.13. The van der Waals surface area contributed by atoms with Crippen molar-refractivity contribution < 1.29 is 4.74 Å². The van der Waals surface area contributed by atoms with Crippen LogP contribution in [0.2, 0.25) is 25.7 Å². The number of nitrogens with zero attached hydrogens (tertiary/aromatic N) is 2. The molecular weight excluding hydrogens is 284 g/mol. The van der Waals surface area contributed by atoms with Gasteiger partial charge in [0.2, 0.25) is 0 Å². The summed E-state index contributed by atoms with van der Waals surface area (Å²) in [5.74, 6) is 0. The fourth-order valence-electron chi connectivity index (χ4n) is 1.33. The maximum absolute atomic E-state index is 5.66. The molecule has 0 aromatic carbocycles. The SMILES string of the molecule is Cc1nn(COCC[Si](C)(C)C)c(C)c1Br. The van der Waals surface area contributed by atoms with Crippen LogP contribution in [-0.4, -0.2) is 24.5 Å². The minimum absolute atomic E-state index is 0.558. The van der Waals surface area contributed by atoms with Gasteiger partial charge in [-0.25, -0.2) is 4.68 Å². The number of aryl methyl sites for hydroxylation is 1. The quantitative estimate of drug-likeness (QED) is 0.614. The molecule has 0 saturated carbocycles. The molecule has 1 aromatic rings. The van der Waals surface area contributed by atoms with Gasteiger partial charge in [0.25, 0.3) is 0 Å². The van der Waals surface area contributed by atoms with E-state index in [-0.39, 0.29) is 0 Å². The number of rotatable bonds is 5. The molecule has 0 radical (unpaired) electrons. The zero-order valence-electron chi connectivity index (χ0n) is 10.8. The molecule has 0 aliphatic carbocycles. The number of hydrogen-bond donors (Lipinski definition) is 0. The molecule has 92 valence electrons. The number of hydrogen-bond acceptors (Lipinski definition) is 2. The highest BCUT2D eigenvalue weighted by Crippen LogP contribution is 2.19. The fourth-order valence-corrected chi connectivity index (χ4v) is 2.37. The molecule has 0 unspecified atom stereocenters. The zero-order valence-corrected chi connectivity index (χ0v) is 13.4. The number of halogens is 1. The minimum atomic E-state index is -0.979. The van der Waals surface area contributed by atoms with Gasteiger partial charge >= 0.3 is 0 Å². The molecule has 0 fully saturated rings. The van der Waals surface area contributed by atoms with Crippen molar-refractivity contribution in [2.24, 2.45) is 0 Å². The van der Waals surface area contributed by atoms with Crippen LogP contribution in [0.15, 0.2) is 4.47 Å². The first-order valence-corrected chi connectivity index (χ1v) is 10.1. The van der Waals surface area contributed by atoms with Crippen molar-refractivity contribution in [3.8, 4) is 0 Å². The molecule has 0 saturated heterocycles. The Balaban J connectivity index is 2.41. The van der Waals surface area contributed by atoms with Crippen LogP contribution >= 0.6 is 15.9 Å². The molecule has 5 heteroatoms. The van der Waals surface area contributed by atoms with E-state index in [1.165, 1.54) is 6.04 Å². The van der Waals surface area contributed by atoms with Crippen LogP contribution in [0, 0.1) is 13.8 Å². The summed E-state index contributed by atoms with van der Waals surface area (Å²) in [6, 6.07) is 1.20. The van der Waals surface area contributed by atoms with Crippen molar-refractivity contribution >= 4 is 24.0 Å². The highest BCUT2D eigenvalue weighted by molar-refractivity contribution is 9.10. The van der Waals surface area contributed by atoms with Gasteiger partial charge in [-0.2, -0.15) is 5.10 Å². The molecule has 3 nitrogen and oxygen atoms in total. The van der Waals surface area contributed by atoms with Crippen LogP contribution in [0.3, 0.4) is 0 Å². The van der Waals surface area contributed by atoms with Gasteiger partial charge < -0.3 is 4.74 Å². The predicted molar refractivity (Wildman–Crippen MR) is 73.5 cm³/mol. The molecule has 0 spiro atoms. The summed E-state index contributed by atoms with van der Waals surface area (Å²) in [5.41, 5.74) is 2.15. The Kier molecular flexibility index (Phi) is 4.76. The number of ether oxygens (including phenoxy) is 1. The summed E-state index contributed by atoms with van der Waals surface area (Å²) in [4.78, 5) is 0. The van der Waals surface area contributed by atoms with Gasteiger partial charge in [0, 0.05) is 14.7 Å². The summed E-state index contributed by atoms with van der Waals surface area (Å²) < 4.78 is 8.65. The first kappa shape index (κ1) is 13.9. The topological polar surface area (TPSA) is 27.1 Å². The summed E-state index contributed by atoms with van der Waals surface area (Å²) >= 11 is 3.51. The van der Waals surface area contributed by atoms with Gasteiger partial charge in [-0.15, -0.1) is 0 Å². The lowest BCUT2D eigenvalue weighted by molar-refractivity contribution is 0.0769. The molecule has 0 aliphatic rings. The van der Waals surface area contributed by atoms with Crippen molar-refractivity contribution in [1.29, 1.82) is 0 Å². The third-order valence-corrected chi connectivity index (χ3v) is 5.35. The maximum Gasteiger partial charge on any atom is 0.139 e. The van der Waals surface area contributed by atoms with Crippen molar-refractivity contribution in [3.05, 3.63) is 15.9 Å². The molecule has 0 bridgehead atoms. The molecule has 0 atom stereocenters. The second-order valence-corrected chi connectivity index (χ2v) is 11.7. The highest BCUT2D eigenvalue weighted by atomic mass is 79.9. The lowest BCUT2D eigenvalue weighted by atomic mass is 10.4. The van der Waals surface area contributed by atoms with Gasteiger partial charge in [0.1, 0.15) is 6.73 Å². The molecule has 16 heavy (non-hydrogen) atoms. The van der Waals surface area contributed by atoms with E-state index in [0.29, 0.717) is 6.73 Å². The second kappa shape index (κ2) is 5.47. The number of aromatic nitrogens is 2. The average molecular weight is 305 g/mol. The van der Waals surface area contributed by atoms with Crippen molar-refractivity contribution in [2.45, 2.75) is 46.3 Å². The van der Waals surface area contributed by atoms with Crippen LogP contribution < -0.4 is 0 Å². The molecule has 1 heterocycles. The van der Waals surface area contributed by atoms with Crippen molar-refractivity contribution in [1.82, 2.24) is 9.78 Å². The Morgan fingerprint density at radius 1 is 1.31 bits per heavy atom. The smallest absolute Gasteiger partial charge is 0.139 e. The van der Waals surface area contributed by atoms with Gasteiger partial charge in [-0.05, 0) is 35.8 Å². The van der Waals surface area contributed by atoms with Crippen molar-refractivity contribution in [2.75, 3.05) is 6.61 Å². The lowest BCUT2D eigenvalue weighted by Crippen LogP contribution is -2.22. The molecule has 1 aromatic heterocycles. The zero-order chi connectivity index (χ0) is 12.3. The van der Waals surface area contributed by atoms with Gasteiger partial charge in [-0.3, -0.25) is 0 Å². The summed E-state index contributed by atoms with van der Waals surface area (Å²) in [6.45, 7) is 12.5. The Morgan fingerprint density at radius 2 is 1.94 bits per heavy atom. The minimum Gasteiger partial charge on any atom is -0.360 e. The normalized spacial score (nSPS) is 12.1. The third-order valence-electron chi connectivity index (χ3n) is 2.50.